The minimum atomic E-state index is -0.882. The molecule has 33 heavy (non-hydrogen) atoms. The van der Waals surface area contributed by atoms with Crippen LogP contribution >= 0.6 is 0 Å². The van der Waals surface area contributed by atoms with Crippen molar-refractivity contribution in [3.63, 3.8) is 0 Å². The van der Waals surface area contributed by atoms with Crippen molar-refractivity contribution >= 4 is 23.5 Å². The zero-order valence-electron chi connectivity index (χ0n) is 18.8. The Kier molecular flexibility index (Phi) is 11.6. The highest BCUT2D eigenvalue weighted by atomic mass is 16.5. The number of carboxylic acids is 1. The van der Waals surface area contributed by atoms with E-state index in [9.17, 15) is 19.5 Å². The molecule has 0 aliphatic heterocycles. The highest BCUT2D eigenvalue weighted by Crippen LogP contribution is 2.13. The topological polar surface area (TPSA) is 128 Å². The number of carboxylic acid groups (broad SMARTS) is 1. The number of aryl methyl sites for hydroxylation is 1. The number of amides is 2. The molecule has 2 aromatic rings. The summed E-state index contributed by atoms with van der Waals surface area (Å²) in [5.41, 5.74) is 4.27. The molecule has 0 fully saturated rings. The Morgan fingerprint density at radius 1 is 0.818 bits per heavy atom. The number of carbonyl (C=O) groups is 3. The molecule has 5 N–H and O–H groups in total. The van der Waals surface area contributed by atoms with Crippen LogP contribution in [0.1, 0.15) is 56.1 Å². The molecule has 0 aliphatic carbocycles. The Hall–Kier alpha value is -3.23. The molecule has 0 aliphatic rings. The van der Waals surface area contributed by atoms with E-state index in [0.717, 1.165) is 30.4 Å². The van der Waals surface area contributed by atoms with E-state index in [1.54, 1.807) is 11.5 Å². The van der Waals surface area contributed by atoms with Gasteiger partial charge in [-0.15, -0.1) is 0 Å². The van der Waals surface area contributed by atoms with Crippen LogP contribution in [0.4, 0.5) is 5.69 Å². The molecule has 2 amide bonds. The summed E-state index contributed by atoms with van der Waals surface area (Å²) in [6, 6.07) is 16.5. The first-order valence-electron chi connectivity index (χ1n) is 11.3. The maximum atomic E-state index is 12.2. The van der Waals surface area contributed by atoms with Gasteiger partial charge < -0.3 is 15.7 Å². The van der Waals surface area contributed by atoms with E-state index in [-0.39, 0.29) is 12.3 Å². The first kappa shape index (κ1) is 26.0. The Balaban J connectivity index is 1.73. The van der Waals surface area contributed by atoms with Gasteiger partial charge in [-0.2, -0.15) is 0 Å². The maximum Gasteiger partial charge on any atom is 0.320 e. The van der Waals surface area contributed by atoms with E-state index in [1.165, 1.54) is 0 Å². The van der Waals surface area contributed by atoms with Gasteiger partial charge in [-0.25, -0.2) is 5.48 Å². The van der Waals surface area contributed by atoms with Crippen LogP contribution in [-0.4, -0.2) is 34.1 Å². The van der Waals surface area contributed by atoms with Crippen molar-refractivity contribution in [1.29, 1.82) is 0 Å². The van der Waals surface area contributed by atoms with Gasteiger partial charge in [-0.05, 0) is 48.9 Å². The van der Waals surface area contributed by atoms with Crippen molar-refractivity contribution in [3.8, 4) is 0 Å². The SMILES string of the molecule is O=C(CCCCCCC(=O)Nc1cccc(CN[C@H](CCc2ccccc2)C(=O)O)c1)NO. The quantitative estimate of drug-likeness (QED) is 0.158. The average Bonchev–Trinajstić information content (AvgIpc) is 2.81. The molecule has 8 nitrogen and oxygen atoms in total. The summed E-state index contributed by atoms with van der Waals surface area (Å²) in [7, 11) is 0. The summed E-state index contributed by atoms with van der Waals surface area (Å²) in [6.45, 7) is 0.386. The van der Waals surface area contributed by atoms with Crippen LogP contribution in [-0.2, 0) is 27.3 Å². The Labute approximate surface area is 194 Å². The van der Waals surface area contributed by atoms with Crippen LogP contribution in [0, 0.1) is 0 Å². The van der Waals surface area contributed by atoms with E-state index in [0.29, 0.717) is 37.9 Å². The van der Waals surface area contributed by atoms with Crippen LogP contribution < -0.4 is 16.1 Å². The van der Waals surface area contributed by atoms with Gasteiger partial charge in [0.05, 0.1) is 0 Å². The molecule has 178 valence electrons. The Morgan fingerprint density at radius 3 is 2.15 bits per heavy atom. The molecular formula is C25H33N3O5. The number of rotatable bonds is 15. The second-order valence-corrected chi connectivity index (χ2v) is 7.99. The summed E-state index contributed by atoms with van der Waals surface area (Å²) in [5.74, 6) is -1.36. The first-order valence-corrected chi connectivity index (χ1v) is 11.3. The minimum absolute atomic E-state index is 0.0838. The third-order valence-electron chi connectivity index (χ3n) is 5.31. The first-order chi connectivity index (χ1) is 16.0. The van der Waals surface area contributed by atoms with E-state index < -0.39 is 17.9 Å². The molecule has 0 radical (unpaired) electrons. The molecule has 0 spiro atoms. The third kappa shape index (κ3) is 10.8. The van der Waals surface area contributed by atoms with Gasteiger partial charge in [0, 0.05) is 25.1 Å². The molecule has 1 atom stereocenters. The zero-order valence-corrected chi connectivity index (χ0v) is 18.8. The monoisotopic (exact) mass is 455 g/mol. The summed E-state index contributed by atoms with van der Waals surface area (Å²) in [4.78, 5) is 34.7. The molecule has 0 heterocycles. The molecule has 0 bridgehead atoms. The number of aliphatic carboxylic acids is 1. The molecule has 2 rings (SSSR count). The van der Waals surface area contributed by atoms with Crippen LogP contribution in [0.15, 0.2) is 54.6 Å². The standard InChI is InChI=1S/C25H33N3O5/c29-23(13-6-1-2-7-14-24(30)28-33)27-21-12-8-11-20(17-21)18-26-22(25(31)32)16-15-19-9-4-3-5-10-19/h3-5,8-12,17,22,26,33H,1-2,6-7,13-16,18H2,(H,27,29)(H,28,30)(H,31,32)/t22-/m1/s1. The fraction of sp³-hybridized carbons (Fsp3) is 0.400. The second kappa shape index (κ2) is 14.8. The predicted octanol–water partition coefficient (Wildman–Crippen LogP) is 3.65. The van der Waals surface area contributed by atoms with Crippen LogP contribution in [0.2, 0.25) is 0 Å². The highest BCUT2D eigenvalue weighted by molar-refractivity contribution is 5.90. The van der Waals surface area contributed by atoms with E-state index in [1.807, 2.05) is 48.5 Å². The Morgan fingerprint density at radius 2 is 1.48 bits per heavy atom. The number of hydroxylamine groups is 1. The summed E-state index contributed by atoms with van der Waals surface area (Å²) in [6.07, 6.45) is 4.86. The number of unbranched alkanes of at least 4 members (excludes halogenated alkanes) is 3. The third-order valence-corrected chi connectivity index (χ3v) is 5.31. The molecule has 2 aromatic carbocycles. The summed E-state index contributed by atoms with van der Waals surface area (Å²) < 4.78 is 0. The number of hydrogen-bond acceptors (Lipinski definition) is 5. The van der Waals surface area contributed by atoms with Gasteiger partial charge in [0.1, 0.15) is 6.04 Å². The van der Waals surface area contributed by atoms with Crippen molar-refractivity contribution in [1.82, 2.24) is 10.8 Å². The average molecular weight is 456 g/mol. The van der Waals surface area contributed by atoms with E-state index in [2.05, 4.69) is 10.6 Å². The lowest BCUT2D eigenvalue weighted by atomic mass is 10.0. The molecule has 0 saturated carbocycles. The fourth-order valence-electron chi connectivity index (χ4n) is 3.47. The molecular weight excluding hydrogens is 422 g/mol. The fourth-order valence-corrected chi connectivity index (χ4v) is 3.47. The van der Waals surface area contributed by atoms with Gasteiger partial charge in [0.2, 0.25) is 11.8 Å². The number of anilines is 1. The van der Waals surface area contributed by atoms with Crippen LogP contribution in [0.25, 0.3) is 0 Å². The lowest BCUT2D eigenvalue weighted by molar-refractivity contribution is -0.139. The van der Waals surface area contributed by atoms with Crippen molar-refractivity contribution < 1.29 is 24.7 Å². The van der Waals surface area contributed by atoms with Gasteiger partial charge in [-0.1, -0.05) is 55.3 Å². The Bertz CT molecular complexity index is 889. The van der Waals surface area contributed by atoms with Gasteiger partial charge in [-0.3, -0.25) is 19.6 Å². The highest BCUT2D eigenvalue weighted by Gasteiger charge is 2.16. The number of nitrogens with one attached hydrogen (secondary N) is 3. The number of benzene rings is 2. The number of carbonyl (C=O) groups excluding carboxylic acids is 2. The van der Waals surface area contributed by atoms with E-state index >= 15 is 0 Å². The normalized spacial score (nSPS) is 11.5. The molecule has 0 saturated heterocycles. The van der Waals surface area contributed by atoms with Gasteiger partial charge in [0.15, 0.2) is 0 Å². The van der Waals surface area contributed by atoms with Crippen molar-refractivity contribution in [2.75, 3.05) is 5.32 Å². The molecule has 0 aromatic heterocycles. The lowest BCUT2D eigenvalue weighted by Gasteiger charge is -2.15. The van der Waals surface area contributed by atoms with Crippen molar-refractivity contribution in [2.24, 2.45) is 0 Å². The smallest absolute Gasteiger partial charge is 0.320 e. The molecule has 0 unspecified atom stereocenters. The van der Waals surface area contributed by atoms with Crippen molar-refractivity contribution in [2.45, 2.75) is 64.0 Å². The molecule has 8 heteroatoms. The number of hydrogen-bond donors (Lipinski definition) is 5. The minimum Gasteiger partial charge on any atom is -0.480 e. The largest absolute Gasteiger partial charge is 0.480 e. The van der Waals surface area contributed by atoms with Crippen molar-refractivity contribution in [3.05, 3.63) is 65.7 Å². The van der Waals surface area contributed by atoms with Gasteiger partial charge in [0.25, 0.3) is 0 Å². The van der Waals surface area contributed by atoms with E-state index in [4.69, 9.17) is 5.21 Å². The predicted molar refractivity (Wildman–Crippen MR) is 126 cm³/mol. The summed E-state index contributed by atoms with van der Waals surface area (Å²) >= 11 is 0. The lowest BCUT2D eigenvalue weighted by Crippen LogP contribution is -2.36. The van der Waals surface area contributed by atoms with Crippen LogP contribution in [0.3, 0.4) is 0 Å². The zero-order chi connectivity index (χ0) is 23.9. The summed E-state index contributed by atoms with van der Waals surface area (Å²) in [5, 5.41) is 23.9. The maximum absolute atomic E-state index is 12.2. The van der Waals surface area contributed by atoms with Crippen LogP contribution in [0.5, 0.6) is 0 Å². The second-order valence-electron chi connectivity index (χ2n) is 7.99. The van der Waals surface area contributed by atoms with Gasteiger partial charge >= 0.3 is 5.97 Å².